The summed E-state index contributed by atoms with van der Waals surface area (Å²) in [4.78, 5) is 0.246. The van der Waals surface area contributed by atoms with Gasteiger partial charge in [0.2, 0.25) is 10.0 Å². The molecule has 0 radical (unpaired) electrons. The minimum atomic E-state index is -3.60. The summed E-state index contributed by atoms with van der Waals surface area (Å²) >= 11 is 6.71. The summed E-state index contributed by atoms with van der Waals surface area (Å²) in [6.07, 6.45) is 2.77. The van der Waals surface area contributed by atoms with E-state index in [1.165, 1.54) is 4.31 Å². The van der Waals surface area contributed by atoms with Gasteiger partial charge in [-0.25, -0.2) is 8.42 Å². The molecule has 1 aliphatic rings. The maximum absolute atomic E-state index is 12.8. The average Bonchev–Trinajstić information content (AvgIpc) is 2.30. The Morgan fingerprint density at radius 3 is 2.45 bits per heavy atom. The zero-order valence-electron chi connectivity index (χ0n) is 11.1. The lowest BCUT2D eigenvalue weighted by Gasteiger charge is -2.36. The van der Waals surface area contributed by atoms with Crippen LogP contribution in [0.25, 0.3) is 0 Å². The maximum atomic E-state index is 12.8. The van der Waals surface area contributed by atoms with E-state index in [2.05, 4.69) is 31.9 Å². The Morgan fingerprint density at radius 2 is 1.95 bits per heavy atom. The summed E-state index contributed by atoms with van der Waals surface area (Å²) in [6.45, 7) is 1.88. The number of rotatable bonds is 5. The molecule has 0 spiro atoms. The van der Waals surface area contributed by atoms with Crippen LogP contribution in [-0.2, 0) is 10.0 Å². The van der Waals surface area contributed by atoms with E-state index in [0.717, 1.165) is 29.3 Å². The van der Waals surface area contributed by atoms with Crippen molar-refractivity contribution in [2.45, 2.75) is 37.1 Å². The Balaban J connectivity index is 2.44. The largest absolute Gasteiger partial charge is 0.395 e. The van der Waals surface area contributed by atoms with Gasteiger partial charge in [-0.3, -0.25) is 0 Å². The SMILES string of the molecule is Cc1cc(Br)c(S(=O)(=O)N(CCO)C2CCC2)cc1Br. The summed E-state index contributed by atoms with van der Waals surface area (Å²) in [5.41, 5.74) is 0.966. The molecule has 0 saturated heterocycles. The number of aliphatic hydroxyl groups excluding tert-OH is 1. The van der Waals surface area contributed by atoms with Crippen LogP contribution in [0, 0.1) is 6.92 Å². The molecule has 0 amide bonds. The van der Waals surface area contributed by atoms with Gasteiger partial charge >= 0.3 is 0 Å². The molecule has 1 aromatic rings. The van der Waals surface area contributed by atoms with Crippen molar-refractivity contribution < 1.29 is 13.5 Å². The summed E-state index contributed by atoms with van der Waals surface area (Å²) in [6, 6.07) is 3.42. The molecule has 0 aliphatic heterocycles. The van der Waals surface area contributed by atoms with Gasteiger partial charge in [0.25, 0.3) is 0 Å². The molecule has 0 atom stereocenters. The molecule has 0 bridgehead atoms. The average molecular weight is 427 g/mol. The molecule has 4 nitrogen and oxygen atoms in total. The number of halogens is 2. The van der Waals surface area contributed by atoms with Crippen LogP contribution in [0.3, 0.4) is 0 Å². The second kappa shape index (κ2) is 6.44. The molecule has 7 heteroatoms. The fraction of sp³-hybridized carbons (Fsp3) is 0.538. The van der Waals surface area contributed by atoms with Crippen molar-refractivity contribution in [3.05, 3.63) is 26.6 Å². The highest BCUT2D eigenvalue weighted by Gasteiger charge is 2.35. The van der Waals surface area contributed by atoms with E-state index < -0.39 is 10.0 Å². The fourth-order valence-electron chi connectivity index (χ4n) is 2.22. The molecule has 0 aromatic heterocycles. The summed E-state index contributed by atoms with van der Waals surface area (Å²) in [5.74, 6) is 0. The molecule has 0 heterocycles. The van der Waals surface area contributed by atoms with Crippen LogP contribution in [0.2, 0.25) is 0 Å². The lowest BCUT2D eigenvalue weighted by molar-refractivity contribution is 0.178. The first-order valence-electron chi connectivity index (χ1n) is 6.46. The quantitative estimate of drug-likeness (QED) is 0.786. The highest BCUT2D eigenvalue weighted by molar-refractivity contribution is 9.11. The highest BCUT2D eigenvalue weighted by atomic mass is 79.9. The monoisotopic (exact) mass is 425 g/mol. The standard InChI is InChI=1S/C13H17Br2NO3S/c1-9-7-12(15)13(8-11(9)14)20(18,19)16(5-6-17)10-3-2-4-10/h7-8,10,17H,2-6H2,1H3. The van der Waals surface area contributed by atoms with Crippen molar-refractivity contribution in [3.8, 4) is 0 Å². The van der Waals surface area contributed by atoms with Crippen LogP contribution < -0.4 is 0 Å². The Hall–Kier alpha value is 0.0500. The van der Waals surface area contributed by atoms with E-state index >= 15 is 0 Å². The third kappa shape index (κ3) is 3.11. The van der Waals surface area contributed by atoms with Gasteiger partial charge in [-0.1, -0.05) is 22.4 Å². The smallest absolute Gasteiger partial charge is 0.244 e. The highest BCUT2D eigenvalue weighted by Crippen LogP contribution is 2.34. The molecule has 1 aliphatic carbocycles. The third-order valence-corrected chi connectivity index (χ3v) is 7.37. The number of hydrogen-bond acceptors (Lipinski definition) is 3. The van der Waals surface area contributed by atoms with E-state index in [1.54, 1.807) is 12.1 Å². The van der Waals surface area contributed by atoms with Crippen LogP contribution in [0.15, 0.2) is 26.0 Å². The molecule has 112 valence electrons. The molecule has 1 N–H and O–H groups in total. The summed E-state index contributed by atoms with van der Waals surface area (Å²) in [7, 11) is -3.60. The van der Waals surface area contributed by atoms with E-state index in [0.29, 0.717) is 4.47 Å². The second-order valence-corrected chi connectivity index (χ2v) is 8.52. The van der Waals surface area contributed by atoms with Gasteiger partial charge in [0, 0.05) is 21.5 Å². The van der Waals surface area contributed by atoms with Crippen molar-refractivity contribution in [3.63, 3.8) is 0 Å². The topological polar surface area (TPSA) is 57.6 Å². The van der Waals surface area contributed by atoms with Gasteiger partial charge in [0.05, 0.1) is 11.5 Å². The van der Waals surface area contributed by atoms with Crippen molar-refractivity contribution in [2.75, 3.05) is 13.2 Å². The summed E-state index contributed by atoms with van der Waals surface area (Å²) < 4.78 is 28.4. The number of hydrogen-bond donors (Lipinski definition) is 1. The van der Waals surface area contributed by atoms with Gasteiger partial charge in [-0.15, -0.1) is 0 Å². The van der Waals surface area contributed by atoms with Crippen molar-refractivity contribution in [1.82, 2.24) is 4.31 Å². The second-order valence-electron chi connectivity index (χ2n) is 4.96. The van der Waals surface area contributed by atoms with Crippen LogP contribution in [-0.4, -0.2) is 37.0 Å². The van der Waals surface area contributed by atoms with Gasteiger partial charge in [-0.2, -0.15) is 4.31 Å². The van der Waals surface area contributed by atoms with Crippen LogP contribution in [0.1, 0.15) is 24.8 Å². The van der Waals surface area contributed by atoms with Crippen molar-refractivity contribution >= 4 is 41.9 Å². The van der Waals surface area contributed by atoms with E-state index in [1.807, 2.05) is 6.92 Å². The molecule has 1 aromatic carbocycles. The van der Waals surface area contributed by atoms with Crippen molar-refractivity contribution in [2.24, 2.45) is 0 Å². The number of benzene rings is 1. The molecule has 20 heavy (non-hydrogen) atoms. The first kappa shape index (κ1) is 16.4. The van der Waals surface area contributed by atoms with Gasteiger partial charge < -0.3 is 5.11 Å². The first-order valence-corrected chi connectivity index (χ1v) is 9.49. The van der Waals surface area contributed by atoms with E-state index in [9.17, 15) is 8.42 Å². The van der Waals surface area contributed by atoms with Crippen LogP contribution >= 0.6 is 31.9 Å². The molecule has 1 fully saturated rings. The first-order chi connectivity index (χ1) is 9.37. The third-order valence-electron chi connectivity index (χ3n) is 3.60. The van der Waals surface area contributed by atoms with Crippen LogP contribution in [0.5, 0.6) is 0 Å². The Labute approximate surface area is 136 Å². The number of nitrogens with zero attached hydrogens (tertiary/aromatic N) is 1. The molecule has 2 rings (SSSR count). The van der Waals surface area contributed by atoms with Gasteiger partial charge in [0.1, 0.15) is 0 Å². The fourth-order valence-corrected chi connectivity index (χ4v) is 5.54. The lowest BCUT2D eigenvalue weighted by atomic mass is 9.93. The predicted octanol–water partition coefficient (Wildman–Crippen LogP) is 3.06. The molecular weight excluding hydrogens is 410 g/mol. The zero-order valence-corrected chi connectivity index (χ0v) is 15.1. The Bertz CT molecular complexity index is 600. The zero-order chi connectivity index (χ0) is 14.9. The minimum absolute atomic E-state index is 0.0131. The molecular formula is C13H17Br2NO3S. The van der Waals surface area contributed by atoms with Gasteiger partial charge in [0.15, 0.2) is 0 Å². The number of aryl methyl sites for hydroxylation is 1. The van der Waals surface area contributed by atoms with Crippen LogP contribution in [0.4, 0.5) is 0 Å². The molecule has 0 unspecified atom stereocenters. The Kier molecular flexibility index (Phi) is 5.29. The maximum Gasteiger partial charge on any atom is 0.244 e. The normalized spacial score (nSPS) is 16.4. The van der Waals surface area contributed by atoms with E-state index in [-0.39, 0.29) is 24.1 Å². The Morgan fingerprint density at radius 1 is 1.30 bits per heavy atom. The predicted molar refractivity (Wildman–Crippen MR) is 85.2 cm³/mol. The molecule has 1 saturated carbocycles. The number of aliphatic hydroxyl groups is 1. The minimum Gasteiger partial charge on any atom is -0.395 e. The lowest BCUT2D eigenvalue weighted by Crippen LogP contribution is -2.45. The van der Waals surface area contributed by atoms with Crippen molar-refractivity contribution in [1.29, 1.82) is 0 Å². The number of sulfonamides is 1. The van der Waals surface area contributed by atoms with Gasteiger partial charge in [-0.05, 0) is 53.4 Å². The van der Waals surface area contributed by atoms with E-state index in [4.69, 9.17) is 5.11 Å². The summed E-state index contributed by atoms with van der Waals surface area (Å²) in [5, 5.41) is 9.16.